The summed E-state index contributed by atoms with van der Waals surface area (Å²) in [5.74, 6) is -0.163. The highest BCUT2D eigenvalue weighted by molar-refractivity contribution is 7.89. The van der Waals surface area contributed by atoms with Gasteiger partial charge in [-0.3, -0.25) is 4.79 Å². The van der Waals surface area contributed by atoms with E-state index in [2.05, 4.69) is 4.98 Å². The molecule has 1 aromatic carbocycles. The molecule has 7 heteroatoms. The molecule has 0 aliphatic carbocycles. The van der Waals surface area contributed by atoms with Crippen LogP contribution in [0, 0.1) is 0 Å². The molecule has 0 bridgehead atoms. The number of H-pyrrole nitrogens is 1. The lowest BCUT2D eigenvalue weighted by atomic mass is 10.2. The van der Waals surface area contributed by atoms with Crippen molar-refractivity contribution < 1.29 is 13.2 Å². The molecule has 2 rings (SSSR count). The third-order valence-corrected chi connectivity index (χ3v) is 5.09. The van der Waals surface area contributed by atoms with Gasteiger partial charge in [-0.05, 0) is 36.4 Å². The molecular weight excluding hydrogens is 302 g/mol. The van der Waals surface area contributed by atoms with Crippen LogP contribution in [0.3, 0.4) is 0 Å². The number of carbonyl (C=O) groups is 1. The van der Waals surface area contributed by atoms with Crippen molar-refractivity contribution in [3.8, 4) is 0 Å². The maximum absolute atomic E-state index is 12.5. The minimum atomic E-state index is -3.59. The summed E-state index contributed by atoms with van der Waals surface area (Å²) >= 11 is 0. The Morgan fingerprint density at radius 3 is 2.23 bits per heavy atom. The highest BCUT2D eigenvalue weighted by Crippen LogP contribution is 2.17. The molecular formula is C15H19N3O3S. The number of benzene rings is 1. The summed E-state index contributed by atoms with van der Waals surface area (Å²) in [6.45, 7) is 0.258. The molecule has 0 atom stereocenters. The SMILES string of the molecule is CN(C)C(=O)c1ccc(S(=O)(=O)N(C)Cc2ccc[nH]2)cc1. The molecule has 1 aromatic heterocycles. The van der Waals surface area contributed by atoms with Gasteiger partial charge in [0.2, 0.25) is 10.0 Å². The van der Waals surface area contributed by atoms with Crippen LogP contribution in [0.25, 0.3) is 0 Å². The van der Waals surface area contributed by atoms with Crippen LogP contribution in [0.2, 0.25) is 0 Å². The number of hydrogen-bond acceptors (Lipinski definition) is 3. The van der Waals surface area contributed by atoms with Crippen LogP contribution in [-0.2, 0) is 16.6 Å². The van der Waals surface area contributed by atoms with E-state index in [9.17, 15) is 13.2 Å². The Bertz CT molecular complexity index is 735. The summed E-state index contributed by atoms with van der Waals surface area (Å²) in [5.41, 5.74) is 1.27. The molecule has 0 aliphatic heterocycles. The van der Waals surface area contributed by atoms with Crippen LogP contribution in [0.4, 0.5) is 0 Å². The fraction of sp³-hybridized carbons (Fsp3) is 0.267. The Morgan fingerprint density at radius 1 is 1.09 bits per heavy atom. The maximum atomic E-state index is 12.5. The van der Waals surface area contributed by atoms with Crippen molar-refractivity contribution in [2.24, 2.45) is 0 Å². The van der Waals surface area contributed by atoms with Crippen molar-refractivity contribution in [3.05, 3.63) is 53.9 Å². The van der Waals surface area contributed by atoms with E-state index in [4.69, 9.17) is 0 Å². The van der Waals surface area contributed by atoms with E-state index in [-0.39, 0.29) is 17.3 Å². The average Bonchev–Trinajstić information content (AvgIpc) is 2.99. The normalized spacial score (nSPS) is 11.6. The lowest BCUT2D eigenvalue weighted by Gasteiger charge is -2.17. The summed E-state index contributed by atoms with van der Waals surface area (Å²) in [4.78, 5) is 16.4. The second kappa shape index (κ2) is 6.33. The molecule has 0 unspecified atom stereocenters. The van der Waals surface area contributed by atoms with Gasteiger partial charge in [-0.15, -0.1) is 0 Å². The molecule has 0 aliphatic rings. The molecule has 0 spiro atoms. The molecule has 6 nitrogen and oxygen atoms in total. The number of rotatable bonds is 5. The Kier molecular flexibility index (Phi) is 4.68. The quantitative estimate of drug-likeness (QED) is 0.908. The van der Waals surface area contributed by atoms with Crippen LogP contribution in [0.1, 0.15) is 16.1 Å². The van der Waals surface area contributed by atoms with Crippen LogP contribution < -0.4 is 0 Å². The van der Waals surface area contributed by atoms with Crippen molar-refractivity contribution in [1.82, 2.24) is 14.2 Å². The Morgan fingerprint density at radius 2 is 1.73 bits per heavy atom. The number of aromatic amines is 1. The van der Waals surface area contributed by atoms with Gasteiger partial charge in [0.15, 0.2) is 0 Å². The van der Waals surface area contributed by atoms with Gasteiger partial charge in [-0.2, -0.15) is 4.31 Å². The van der Waals surface area contributed by atoms with Crippen molar-refractivity contribution in [1.29, 1.82) is 0 Å². The van der Waals surface area contributed by atoms with Crippen molar-refractivity contribution in [2.75, 3.05) is 21.1 Å². The number of amides is 1. The van der Waals surface area contributed by atoms with E-state index in [0.29, 0.717) is 5.56 Å². The number of hydrogen-bond donors (Lipinski definition) is 1. The first-order chi connectivity index (χ1) is 10.3. The third-order valence-electron chi connectivity index (χ3n) is 3.27. The largest absolute Gasteiger partial charge is 0.364 e. The van der Waals surface area contributed by atoms with Gasteiger partial charge in [0.1, 0.15) is 0 Å². The molecule has 1 N–H and O–H groups in total. The van der Waals surface area contributed by atoms with E-state index >= 15 is 0 Å². The Labute approximate surface area is 130 Å². The molecule has 0 saturated carbocycles. The summed E-state index contributed by atoms with van der Waals surface area (Å²) in [6.07, 6.45) is 1.75. The fourth-order valence-electron chi connectivity index (χ4n) is 2.00. The van der Waals surface area contributed by atoms with Gasteiger partial charge in [-0.25, -0.2) is 8.42 Å². The van der Waals surface area contributed by atoms with Gasteiger partial charge < -0.3 is 9.88 Å². The van der Waals surface area contributed by atoms with E-state index in [0.717, 1.165) is 5.69 Å². The zero-order chi connectivity index (χ0) is 16.3. The summed E-state index contributed by atoms with van der Waals surface area (Å²) in [5, 5.41) is 0. The minimum Gasteiger partial charge on any atom is -0.364 e. The van der Waals surface area contributed by atoms with Gasteiger partial charge in [0.05, 0.1) is 11.4 Å². The molecule has 1 amide bonds. The molecule has 118 valence electrons. The zero-order valence-electron chi connectivity index (χ0n) is 12.8. The van der Waals surface area contributed by atoms with Crippen molar-refractivity contribution >= 4 is 15.9 Å². The highest BCUT2D eigenvalue weighted by Gasteiger charge is 2.21. The van der Waals surface area contributed by atoms with Gasteiger partial charge >= 0.3 is 0 Å². The second-order valence-electron chi connectivity index (χ2n) is 5.18. The molecule has 0 radical (unpaired) electrons. The number of aromatic nitrogens is 1. The van der Waals surface area contributed by atoms with E-state index in [1.54, 1.807) is 20.3 Å². The standard InChI is InChI=1S/C15H19N3O3S/c1-17(2)15(19)12-6-8-14(9-7-12)22(20,21)18(3)11-13-5-4-10-16-13/h4-10,16H,11H2,1-3H3. The number of nitrogens with one attached hydrogen (secondary N) is 1. The summed E-state index contributed by atoms with van der Waals surface area (Å²) in [6, 6.07) is 9.60. The monoisotopic (exact) mass is 321 g/mol. The third kappa shape index (κ3) is 3.37. The summed E-state index contributed by atoms with van der Waals surface area (Å²) < 4.78 is 26.2. The van der Waals surface area contributed by atoms with Gasteiger partial charge in [0.25, 0.3) is 5.91 Å². The zero-order valence-corrected chi connectivity index (χ0v) is 13.6. The minimum absolute atomic E-state index is 0.163. The number of sulfonamides is 1. The maximum Gasteiger partial charge on any atom is 0.253 e. The Hall–Kier alpha value is -2.12. The van der Waals surface area contributed by atoms with Gasteiger partial charge in [0, 0.05) is 38.6 Å². The lowest BCUT2D eigenvalue weighted by Crippen LogP contribution is -2.27. The predicted molar refractivity (Wildman–Crippen MR) is 83.9 cm³/mol. The fourth-order valence-corrected chi connectivity index (χ4v) is 3.15. The Balaban J connectivity index is 2.20. The van der Waals surface area contributed by atoms with Gasteiger partial charge in [-0.1, -0.05) is 0 Å². The van der Waals surface area contributed by atoms with Crippen LogP contribution in [0.5, 0.6) is 0 Å². The molecule has 0 fully saturated rings. The molecule has 0 saturated heterocycles. The molecule has 2 aromatic rings. The first kappa shape index (κ1) is 16.3. The topological polar surface area (TPSA) is 73.5 Å². The average molecular weight is 321 g/mol. The first-order valence-electron chi connectivity index (χ1n) is 6.72. The first-order valence-corrected chi connectivity index (χ1v) is 8.16. The second-order valence-corrected chi connectivity index (χ2v) is 7.23. The predicted octanol–water partition coefficient (Wildman–Crippen LogP) is 1.54. The van der Waals surface area contributed by atoms with Crippen molar-refractivity contribution in [3.63, 3.8) is 0 Å². The van der Waals surface area contributed by atoms with E-state index in [1.165, 1.54) is 40.5 Å². The summed E-state index contributed by atoms with van der Waals surface area (Å²) in [7, 11) is 1.23. The highest BCUT2D eigenvalue weighted by atomic mass is 32.2. The van der Waals surface area contributed by atoms with Crippen LogP contribution in [-0.4, -0.2) is 49.7 Å². The smallest absolute Gasteiger partial charge is 0.253 e. The van der Waals surface area contributed by atoms with E-state index in [1.807, 2.05) is 12.1 Å². The van der Waals surface area contributed by atoms with E-state index < -0.39 is 10.0 Å². The van der Waals surface area contributed by atoms with Crippen LogP contribution >= 0.6 is 0 Å². The number of nitrogens with zero attached hydrogens (tertiary/aromatic N) is 2. The number of carbonyl (C=O) groups excluding carboxylic acids is 1. The van der Waals surface area contributed by atoms with Crippen LogP contribution in [0.15, 0.2) is 47.5 Å². The lowest BCUT2D eigenvalue weighted by molar-refractivity contribution is 0.0827. The molecule has 22 heavy (non-hydrogen) atoms. The van der Waals surface area contributed by atoms with Crippen molar-refractivity contribution in [2.45, 2.75) is 11.4 Å². The molecule has 1 heterocycles.